The second-order valence-electron chi connectivity index (χ2n) is 5.91. The maximum Gasteiger partial charge on any atom is 0.191 e. The molecule has 0 saturated carbocycles. The quantitative estimate of drug-likeness (QED) is 0.626. The van der Waals surface area contributed by atoms with Crippen LogP contribution in [-0.2, 0) is 0 Å². The number of likely N-dealkylation sites (tertiary alicyclic amines) is 2. The van der Waals surface area contributed by atoms with E-state index in [-0.39, 0.29) is 0 Å². The van der Waals surface area contributed by atoms with Gasteiger partial charge in [-0.15, -0.1) is 0 Å². The Morgan fingerprint density at radius 1 is 1.00 bits per heavy atom. The Balaban J connectivity index is 1.84. The molecule has 2 rings (SSSR count). The molecule has 0 aliphatic carbocycles. The van der Waals surface area contributed by atoms with E-state index in [1.807, 2.05) is 0 Å². The summed E-state index contributed by atoms with van der Waals surface area (Å²) in [7, 11) is 0. The number of hydrogen-bond acceptors (Lipinski definition) is 2. The molecular formula is C15H30N4. The fourth-order valence-electron chi connectivity index (χ4n) is 3.21. The van der Waals surface area contributed by atoms with Crippen molar-refractivity contribution in [3.63, 3.8) is 0 Å². The van der Waals surface area contributed by atoms with E-state index in [0.29, 0.717) is 6.04 Å². The molecule has 1 atom stereocenters. The lowest BCUT2D eigenvalue weighted by Gasteiger charge is -2.26. The highest BCUT2D eigenvalue weighted by Crippen LogP contribution is 2.14. The fraction of sp³-hybridized carbons (Fsp3) is 0.933. The lowest BCUT2D eigenvalue weighted by atomic mass is 10.2. The van der Waals surface area contributed by atoms with Gasteiger partial charge in [0.1, 0.15) is 0 Å². The van der Waals surface area contributed by atoms with E-state index < -0.39 is 0 Å². The van der Waals surface area contributed by atoms with Crippen LogP contribution in [0.2, 0.25) is 0 Å². The highest BCUT2D eigenvalue weighted by Gasteiger charge is 2.20. The summed E-state index contributed by atoms with van der Waals surface area (Å²) in [4.78, 5) is 9.55. The monoisotopic (exact) mass is 266 g/mol. The smallest absolute Gasteiger partial charge is 0.191 e. The van der Waals surface area contributed by atoms with Crippen LogP contribution in [0, 0.1) is 0 Å². The van der Waals surface area contributed by atoms with Gasteiger partial charge in [0.15, 0.2) is 5.96 Å². The third kappa shape index (κ3) is 4.37. The van der Waals surface area contributed by atoms with Crippen molar-refractivity contribution in [2.75, 3.05) is 32.7 Å². The van der Waals surface area contributed by atoms with Gasteiger partial charge in [0, 0.05) is 19.1 Å². The normalized spacial score (nSPS) is 24.5. The summed E-state index contributed by atoms with van der Waals surface area (Å²) in [5.74, 6) is 0.777. The molecule has 1 unspecified atom stereocenters. The first-order valence-electron chi connectivity index (χ1n) is 8.10. The Morgan fingerprint density at radius 3 is 2.16 bits per heavy atom. The minimum atomic E-state index is 0.591. The maximum atomic E-state index is 6.18. The summed E-state index contributed by atoms with van der Waals surface area (Å²) in [6.45, 7) is 7.82. The highest BCUT2D eigenvalue weighted by atomic mass is 15.3. The van der Waals surface area contributed by atoms with Crippen LogP contribution in [0.3, 0.4) is 0 Å². The predicted octanol–water partition coefficient (Wildman–Crippen LogP) is 2.05. The van der Waals surface area contributed by atoms with Crippen molar-refractivity contribution < 1.29 is 0 Å². The number of rotatable bonds is 4. The molecule has 2 aliphatic heterocycles. The Kier molecular flexibility index (Phi) is 5.95. The Morgan fingerprint density at radius 2 is 1.58 bits per heavy atom. The van der Waals surface area contributed by atoms with Crippen molar-refractivity contribution in [3.05, 3.63) is 0 Å². The van der Waals surface area contributed by atoms with Gasteiger partial charge < -0.3 is 10.6 Å². The number of aliphatic imine (C=N–C) groups is 1. The number of nitrogens with zero attached hydrogens (tertiary/aromatic N) is 3. The molecule has 0 bridgehead atoms. The van der Waals surface area contributed by atoms with Crippen LogP contribution >= 0.6 is 0 Å². The van der Waals surface area contributed by atoms with Crippen molar-refractivity contribution in [1.29, 1.82) is 0 Å². The van der Waals surface area contributed by atoms with Crippen molar-refractivity contribution in [2.24, 2.45) is 10.7 Å². The zero-order valence-corrected chi connectivity index (χ0v) is 12.5. The van der Waals surface area contributed by atoms with Crippen LogP contribution in [0.1, 0.15) is 51.9 Å². The second kappa shape index (κ2) is 7.73. The van der Waals surface area contributed by atoms with E-state index in [1.165, 1.54) is 58.0 Å². The minimum absolute atomic E-state index is 0.591. The molecule has 110 valence electrons. The molecular weight excluding hydrogens is 236 g/mol. The molecule has 4 heteroatoms. The highest BCUT2D eigenvalue weighted by molar-refractivity contribution is 5.78. The molecule has 2 aliphatic rings. The number of hydrogen-bond donors (Lipinski definition) is 1. The molecule has 0 aromatic carbocycles. The van der Waals surface area contributed by atoms with Crippen LogP contribution in [0.4, 0.5) is 0 Å². The third-order valence-electron chi connectivity index (χ3n) is 4.52. The van der Waals surface area contributed by atoms with Crippen molar-refractivity contribution in [1.82, 2.24) is 9.80 Å². The summed E-state index contributed by atoms with van der Waals surface area (Å²) in [5, 5.41) is 0. The summed E-state index contributed by atoms with van der Waals surface area (Å²) in [6.07, 6.45) is 9.09. The van der Waals surface area contributed by atoms with Gasteiger partial charge in [-0.1, -0.05) is 19.8 Å². The van der Waals surface area contributed by atoms with E-state index in [9.17, 15) is 0 Å². The maximum absolute atomic E-state index is 6.18. The van der Waals surface area contributed by atoms with Gasteiger partial charge in [0.2, 0.25) is 0 Å². The molecule has 2 heterocycles. The molecule has 0 amide bonds. The van der Waals surface area contributed by atoms with Crippen LogP contribution in [0.25, 0.3) is 0 Å². The average Bonchev–Trinajstić information content (AvgIpc) is 2.81. The molecule has 4 nitrogen and oxygen atoms in total. The van der Waals surface area contributed by atoms with E-state index in [0.717, 1.165) is 25.6 Å². The fourth-order valence-corrected chi connectivity index (χ4v) is 3.21. The first kappa shape index (κ1) is 14.6. The van der Waals surface area contributed by atoms with Crippen LogP contribution < -0.4 is 5.73 Å². The predicted molar refractivity (Wildman–Crippen MR) is 81.4 cm³/mol. The number of guanidine groups is 1. The van der Waals surface area contributed by atoms with Crippen molar-refractivity contribution in [2.45, 2.75) is 57.9 Å². The van der Waals surface area contributed by atoms with E-state index in [2.05, 4.69) is 21.7 Å². The van der Waals surface area contributed by atoms with Crippen LogP contribution in [0.5, 0.6) is 0 Å². The van der Waals surface area contributed by atoms with Gasteiger partial charge in [0.05, 0.1) is 6.54 Å². The van der Waals surface area contributed by atoms with Gasteiger partial charge in [-0.05, 0) is 45.2 Å². The second-order valence-corrected chi connectivity index (χ2v) is 5.91. The SMILES string of the molecule is CCC(CN=C(N)N1CCCCCC1)N1CCCC1. The molecule has 0 aromatic heterocycles. The van der Waals surface area contributed by atoms with Gasteiger partial charge >= 0.3 is 0 Å². The van der Waals surface area contributed by atoms with Crippen molar-refractivity contribution >= 4 is 5.96 Å². The zero-order valence-electron chi connectivity index (χ0n) is 12.5. The topological polar surface area (TPSA) is 44.9 Å². The lowest BCUT2D eigenvalue weighted by molar-refractivity contribution is 0.241. The Bertz CT molecular complexity index is 276. The van der Waals surface area contributed by atoms with E-state index in [1.54, 1.807) is 0 Å². The largest absolute Gasteiger partial charge is 0.370 e. The van der Waals surface area contributed by atoms with Crippen LogP contribution in [-0.4, -0.2) is 54.5 Å². The first-order chi connectivity index (χ1) is 9.31. The molecule has 0 aromatic rings. The first-order valence-corrected chi connectivity index (χ1v) is 8.10. The van der Waals surface area contributed by atoms with Gasteiger partial charge in [-0.25, -0.2) is 0 Å². The van der Waals surface area contributed by atoms with Gasteiger partial charge in [0.25, 0.3) is 0 Å². The lowest BCUT2D eigenvalue weighted by Crippen LogP contribution is -2.40. The van der Waals surface area contributed by atoms with Gasteiger partial charge in [-0.3, -0.25) is 9.89 Å². The minimum Gasteiger partial charge on any atom is -0.370 e. The molecule has 2 saturated heterocycles. The summed E-state index contributed by atoms with van der Waals surface area (Å²) in [5.41, 5.74) is 6.18. The molecule has 0 spiro atoms. The standard InChI is InChI=1S/C15H30N4/c1-2-14(18-9-7-8-10-18)13-17-15(16)19-11-5-3-4-6-12-19/h14H,2-13H2,1H3,(H2,16,17). The van der Waals surface area contributed by atoms with Crippen LogP contribution in [0.15, 0.2) is 4.99 Å². The summed E-state index contributed by atoms with van der Waals surface area (Å²) >= 11 is 0. The zero-order chi connectivity index (χ0) is 13.5. The molecule has 2 fully saturated rings. The Hall–Kier alpha value is -0.770. The van der Waals surface area contributed by atoms with E-state index in [4.69, 9.17) is 5.73 Å². The average molecular weight is 266 g/mol. The third-order valence-corrected chi connectivity index (χ3v) is 4.52. The molecule has 19 heavy (non-hydrogen) atoms. The molecule has 2 N–H and O–H groups in total. The summed E-state index contributed by atoms with van der Waals surface area (Å²) in [6, 6.07) is 0.591. The Labute approximate surface area is 118 Å². The van der Waals surface area contributed by atoms with Crippen molar-refractivity contribution in [3.8, 4) is 0 Å². The summed E-state index contributed by atoms with van der Waals surface area (Å²) < 4.78 is 0. The van der Waals surface area contributed by atoms with Gasteiger partial charge in [-0.2, -0.15) is 0 Å². The van der Waals surface area contributed by atoms with E-state index >= 15 is 0 Å². The molecule has 0 radical (unpaired) electrons. The number of nitrogens with two attached hydrogens (primary N) is 1.